The van der Waals surface area contributed by atoms with E-state index < -0.39 is 0 Å². The van der Waals surface area contributed by atoms with Gasteiger partial charge in [-0.1, -0.05) is 25.0 Å². The largest absolute Gasteiger partial charge is 0.370 e. The number of anilines is 2. The van der Waals surface area contributed by atoms with Gasteiger partial charge in [0, 0.05) is 26.1 Å². The van der Waals surface area contributed by atoms with Gasteiger partial charge in [0.15, 0.2) is 0 Å². The molecular formula is C23H26N4O3. The number of nitrogens with zero attached hydrogens (tertiary/aromatic N) is 3. The molecule has 0 bridgehead atoms. The Hall–Kier alpha value is -3.22. The van der Waals surface area contributed by atoms with Gasteiger partial charge in [-0.3, -0.25) is 19.3 Å². The van der Waals surface area contributed by atoms with E-state index in [-0.39, 0.29) is 30.7 Å². The molecule has 7 heteroatoms. The SMILES string of the molecule is O=C(CCCN1C(=O)c2ccccc2C1=O)Nc1ccc(N2CCCCCC2)cn1. The lowest BCUT2D eigenvalue weighted by Gasteiger charge is -2.22. The van der Waals surface area contributed by atoms with E-state index in [9.17, 15) is 14.4 Å². The molecule has 1 aromatic carbocycles. The van der Waals surface area contributed by atoms with Crippen LogP contribution in [0.15, 0.2) is 42.6 Å². The summed E-state index contributed by atoms with van der Waals surface area (Å²) in [5, 5.41) is 2.79. The van der Waals surface area contributed by atoms with Gasteiger partial charge in [0.1, 0.15) is 5.82 Å². The molecule has 0 aliphatic carbocycles. The van der Waals surface area contributed by atoms with Crippen molar-refractivity contribution in [1.82, 2.24) is 9.88 Å². The van der Waals surface area contributed by atoms with Crippen LogP contribution >= 0.6 is 0 Å². The van der Waals surface area contributed by atoms with Crippen LogP contribution in [0.5, 0.6) is 0 Å². The summed E-state index contributed by atoms with van der Waals surface area (Å²) in [5.41, 5.74) is 1.95. The summed E-state index contributed by atoms with van der Waals surface area (Å²) in [6.45, 7) is 2.32. The molecular weight excluding hydrogens is 380 g/mol. The van der Waals surface area contributed by atoms with E-state index in [2.05, 4.69) is 15.2 Å². The van der Waals surface area contributed by atoms with Crippen LogP contribution in [-0.4, -0.2) is 47.2 Å². The molecule has 2 aliphatic heterocycles. The standard InChI is InChI=1S/C23H26N4O3/c28-21(10-7-15-27-22(29)18-8-3-4-9-19(18)23(27)30)25-20-12-11-17(16-24-20)26-13-5-1-2-6-14-26/h3-4,8-9,11-12,16H,1-2,5-7,10,13-15H2,(H,24,25,28). The summed E-state index contributed by atoms with van der Waals surface area (Å²) in [7, 11) is 0. The molecule has 0 saturated carbocycles. The fraction of sp³-hybridized carbons (Fsp3) is 0.391. The number of rotatable bonds is 6. The lowest BCUT2D eigenvalue weighted by Crippen LogP contribution is -2.31. The van der Waals surface area contributed by atoms with Gasteiger partial charge in [0.2, 0.25) is 5.91 Å². The first-order chi connectivity index (χ1) is 14.6. The second-order valence-corrected chi connectivity index (χ2v) is 7.76. The van der Waals surface area contributed by atoms with E-state index in [1.54, 1.807) is 30.5 Å². The molecule has 0 spiro atoms. The zero-order valence-electron chi connectivity index (χ0n) is 17.0. The van der Waals surface area contributed by atoms with Crippen molar-refractivity contribution in [3.63, 3.8) is 0 Å². The zero-order valence-corrected chi connectivity index (χ0v) is 17.0. The number of imide groups is 1. The highest BCUT2D eigenvalue weighted by Gasteiger charge is 2.34. The Morgan fingerprint density at radius 2 is 1.60 bits per heavy atom. The first kappa shape index (κ1) is 20.1. The fourth-order valence-electron chi connectivity index (χ4n) is 4.02. The van der Waals surface area contributed by atoms with Crippen LogP contribution in [0.2, 0.25) is 0 Å². The quantitative estimate of drug-likeness (QED) is 0.743. The highest BCUT2D eigenvalue weighted by molar-refractivity contribution is 6.21. The van der Waals surface area contributed by atoms with E-state index in [0.29, 0.717) is 23.4 Å². The highest BCUT2D eigenvalue weighted by Crippen LogP contribution is 2.23. The predicted molar refractivity (Wildman–Crippen MR) is 115 cm³/mol. The highest BCUT2D eigenvalue weighted by atomic mass is 16.2. The minimum atomic E-state index is -0.290. The van der Waals surface area contributed by atoms with Crippen LogP contribution in [0.3, 0.4) is 0 Å². The third kappa shape index (κ3) is 4.35. The Kier molecular flexibility index (Phi) is 6.07. The smallest absolute Gasteiger partial charge is 0.261 e. The van der Waals surface area contributed by atoms with Gasteiger partial charge in [-0.25, -0.2) is 4.98 Å². The molecule has 1 fully saturated rings. The van der Waals surface area contributed by atoms with Crippen molar-refractivity contribution in [2.24, 2.45) is 0 Å². The number of fused-ring (bicyclic) bond motifs is 1. The zero-order chi connectivity index (χ0) is 20.9. The van der Waals surface area contributed by atoms with Crippen LogP contribution < -0.4 is 10.2 Å². The predicted octanol–water partition coefficient (Wildman–Crippen LogP) is 3.48. The number of benzene rings is 1. The Morgan fingerprint density at radius 1 is 0.933 bits per heavy atom. The third-order valence-electron chi connectivity index (χ3n) is 5.65. The Labute approximate surface area is 176 Å². The Bertz CT molecular complexity index is 899. The van der Waals surface area contributed by atoms with Crippen molar-refractivity contribution in [3.05, 3.63) is 53.7 Å². The molecule has 0 unspecified atom stereocenters. The number of amides is 3. The fourth-order valence-corrected chi connectivity index (χ4v) is 4.02. The molecule has 2 aromatic rings. The van der Waals surface area contributed by atoms with Crippen LogP contribution in [0, 0.1) is 0 Å². The monoisotopic (exact) mass is 406 g/mol. The molecule has 1 aromatic heterocycles. The van der Waals surface area contributed by atoms with Gasteiger partial charge < -0.3 is 10.2 Å². The van der Waals surface area contributed by atoms with Crippen molar-refractivity contribution >= 4 is 29.2 Å². The first-order valence-corrected chi connectivity index (χ1v) is 10.6. The van der Waals surface area contributed by atoms with Crippen molar-refractivity contribution < 1.29 is 14.4 Å². The molecule has 3 heterocycles. The van der Waals surface area contributed by atoms with Gasteiger partial charge in [-0.2, -0.15) is 0 Å². The molecule has 1 N–H and O–H groups in total. The van der Waals surface area contributed by atoms with Crippen LogP contribution in [0.4, 0.5) is 11.5 Å². The lowest BCUT2D eigenvalue weighted by molar-refractivity contribution is -0.116. The van der Waals surface area contributed by atoms with E-state index in [4.69, 9.17) is 0 Å². The van der Waals surface area contributed by atoms with E-state index >= 15 is 0 Å². The van der Waals surface area contributed by atoms with Crippen molar-refractivity contribution in [2.75, 3.05) is 29.9 Å². The molecule has 0 radical (unpaired) electrons. The van der Waals surface area contributed by atoms with Gasteiger partial charge in [0.25, 0.3) is 11.8 Å². The number of carbonyl (C=O) groups excluding carboxylic acids is 3. The number of pyridine rings is 1. The Morgan fingerprint density at radius 3 is 2.20 bits per heavy atom. The summed E-state index contributed by atoms with van der Waals surface area (Å²) in [4.78, 5) is 44.9. The van der Waals surface area contributed by atoms with Crippen LogP contribution in [0.1, 0.15) is 59.2 Å². The maximum Gasteiger partial charge on any atom is 0.261 e. The second-order valence-electron chi connectivity index (χ2n) is 7.76. The lowest BCUT2D eigenvalue weighted by atomic mass is 10.1. The molecule has 1 saturated heterocycles. The van der Waals surface area contributed by atoms with E-state index in [1.807, 2.05) is 12.1 Å². The van der Waals surface area contributed by atoms with E-state index in [0.717, 1.165) is 18.8 Å². The number of aromatic nitrogens is 1. The Balaban J connectivity index is 1.25. The molecule has 7 nitrogen and oxygen atoms in total. The number of hydrogen-bond donors (Lipinski definition) is 1. The van der Waals surface area contributed by atoms with Crippen molar-refractivity contribution in [1.29, 1.82) is 0 Å². The second kappa shape index (κ2) is 9.07. The van der Waals surface area contributed by atoms with E-state index in [1.165, 1.54) is 30.6 Å². The van der Waals surface area contributed by atoms with Crippen molar-refractivity contribution in [2.45, 2.75) is 38.5 Å². The van der Waals surface area contributed by atoms with Crippen LogP contribution in [-0.2, 0) is 4.79 Å². The summed E-state index contributed by atoms with van der Waals surface area (Å²) in [5.74, 6) is -0.246. The van der Waals surface area contributed by atoms with Crippen molar-refractivity contribution in [3.8, 4) is 0 Å². The summed E-state index contributed by atoms with van der Waals surface area (Å²) in [6.07, 6.45) is 7.38. The average Bonchev–Trinajstić information content (AvgIpc) is 2.95. The molecule has 4 rings (SSSR count). The topological polar surface area (TPSA) is 82.6 Å². The van der Waals surface area contributed by atoms with Gasteiger partial charge in [-0.15, -0.1) is 0 Å². The maximum atomic E-state index is 12.3. The third-order valence-corrected chi connectivity index (χ3v) is 5.65. The molecule has 2 aliphatic rings. The summed E-state index contributed by atoms with van der Waals surface area (Å²) < 4.78 is 0. The summed E-state index contributed by atoms with van der Waals surface area (Å²) >= 11 is 0. The minimum absolute atomic E-state index is 0.179. The van der Waals surface area contributed by atoms with Gasteiger partial charge in [-0.05, 0) is 43.5 Å². The number of hydrogen-bond acceptors (Lipinski definition) is 5. The molecule has 0 atom stereocenters. The molecule has 30 heavy (non-hydrogen) atoms. The molecule has 3 amide bonds. The maximum absolute atomic E-state index is 12.3. The van der Waals surface area contributed by atoms with Gasteiger partial charge in [0.05, 0.1) is 23.0 Å². The normalized spacial score (nSPS) is 16.4. The molecule has 156 valence electrons. The van der Waals surface area contributed by atoms with Gasteiger partial charge >= 0.3 is 0 Å². The number of nitrogens with one attached hydrogen (secondary N) is 1. The average molecular weight is 406 g/mol. The van der Waals surface area contributed by atoms with Crippen LogP contribution in [0.25, 0.3) is 0 Å². The first-order valence-electron chi connectivity index (χ1n) is 10.6. The summed E-state index contributed by atoms with van der Waals surface area (Å²) in [6, 6.07) is 10.6. The number of carbonyl (C=O) groups is 3. The minimum Gasteiger partial charge on any atom is -0.370 e.